The van der Waals surface area contributed by atoms with Gasteiger partial charge in [0, 0.05) is 11.1 Å². The van der Waals surface area contributed by atoms with Crippen molar-refractivity contribution in [2.45, 2.75) is 32.9 Å². The molecule has 5 nitrogen and oxygen atoms in total. The number of hydrogen-bond acceptors (Lipinski definition) is 4. The minimum atomic E-state index is -0.185. The number of benzene rings is 1. The molecular formula is C16H21N3O2S. The fourth-order valence-electron chi connectivity index (χ4n) is 2.11. The number of amides is 2. The van der Waals surface area contributed by atoms with E-state index < -0.39 is 0 Å². The van der Waals surface area contributed by atoms with E-state index in [9.17, 15) is 4.79 Å². The fourth-order valence-corrected chi connectivity index (χ4v) is 2.82. The predicted octanol–water partition coefficient (Wildman–Crippen LogP) is 3.41. The zero-order valence-electron chi connectivity index (χ0n) is 13.1. The Kier molecular flexibility index (Phi) is 5.77. The van der Waals surface area contributed by atoms with Crippen LogP contribution >= 0.6 is 11.3 Å². The highest BCUT2D eigenvalue weighted by molar-refractivity contribution is 7.09. The molecule has 118 valence electrons. The van der Waals surface area contributed by atoms with Gasteiger partial charge in [0.1, 0.15) is 10.8 Å². The van der Waals surface area contributed by atoms with Crippen LogP contribution < -0.4 is 15.4 Å². The van der Waals surface area contributed by atoms with Gasteiger partial charge in [0.15, 0.2) is 0 Å². The summed E-state index contributed by atoms with van der Waals surface area (Å²) in [4.78, 5) is 16.3. The van der Waals surface area contributed by atoms with E-state index in [1.165, 1.54) is 0 Å². The Labute approximate surface area is 134 Å². The average Bonchev–Trinajstić information content (AvgIpc) is 2.96. The average molecular weight is 319 g/mol. The molecule has 2 amide bonds. The number of rotatable bonds is 6. The molecule has 0 radical (unpaired) electrons. The number of nitrogens with zero attached hydrogens (tertiary/aromatic N) is 1. The van der Waals surface area contributed by atoms with Gasteiger partial charge in [-0.05, 0) is 31.0 Å². The summed E-state index contributed by atoms with van der Waals surface area (Å²) in [5.41, 5.74) is 2.04. The summed E-state index contributed by atoms with van der Waals surface area (Å²) in [6, 6.07) is 7.53. The monoisotopic (exact) mass is 319 g/mol. The van der Waals surface area contributed by atoms with E-state index in [0.29, 0.717) is 6.54 Å². The molecule has 1 aromatic carbocycles. The summed E-state index contributed by atoms with van der Waals surface area (Å²) >= 11 is 1.55. The Morgan fingerprint density at radius 3 is 2.64 bits per heavy atom. The molecule has 2 N–H and O–H groups in total. The standard InChI is InChI=1S/C16H21N3O2S/c1-4-14(12-5-7-13(21-3)8-6-12)19-16(20)17-9-15-18-11(2)10-22-15/h5-8,10,14H,4,9H2,1-3H3,(H2,17,19,20)/t14-/m1/s1. The second-order valence-electron chi connectivity index (χ2n) is 4.94. The number of carbonyl (C=O) groups excluding carboxylic acids is 1. The van der Waals surface area contributed by atoms with Crippen molar-refractivity contribution in [3.05, 3.63) is 45.9 Å². The topological polar surface area (TPSA) is 63.2 Å². The molecule has 0 aliphatic heterocycles. The Morgan fingerprint density at radius 2 is 2.09 bits per heavy atom. The zero-order chi connectivity index (χ0) is 15.9. The second kappa shape index (κ2) is 7.79. The number of aromatic nitrogens is 1. The Balaban J connectivity index is 1.89. The molecule has 1 atom stereocenters. The van der Waals surface area contributed by atoms with Crippen molar-refractivity contribution >= 4 is 17.4 Å². The third-order valence-corrected chi connectivity index (χ3v) is 4.27. The highest BCUT2D eigenvalue weighted by Crippen LogP contribution is 2.20. The van der Waals surface area contributed by atoms with Gasteiger partial charge in [-0.25, -0.2) is 9.78 Å². The number of nitrogens with one attached hydrogen (secondary N) is 2. The van der Waals surface area contributed by atoms with Gasteiger partial charge in [-0.2, -0.15) is 0 Å². The third kappa shape index (κ3) is 4.46. The van der Waals surface area contributed by atoms with Crippen LogP contribution in [0.1, 0.15) is 35.7 Å². The van der Waals surface area contributed by atoms with Crippen molar-refractivity contribution in [1.29, 1.82) is 0 Å². The van der Waals surface area contributed by atoms with E-state index in [-0.39, 0.29) is 12.1 Å². The summed E-state index contributed by atoms with van der Waals surface area (Å²) in [6.45, 7) is 4.43. The first kappa shape index (κ1) is 16.3. The maximum Gasteiger partial charge on any atom is 0.315 e. The Morgan fingerprint density at radius 1 is 1.36 bits per heavy atom. The van der Waals surface area contributed by atoms with Crippen LogP contribution in [-0.4, -0.2) is 18.1 Å². The molecule has 0 unspecified atom stereocenters. The maximum absolute atomic E-state index is 12.0. The number of carbonyl (C=O) groups is 1. The van der Waals surface area contributed by atoms with Crippen molar-refractivity contribution in [2.24, 2.45) is 0 Å². The summed E-state index contributed by atoms with van der Waals surface area (Å²) in [5.74, 6) is 0.808. The highest BCUT2D eigenvalue weighted by atomic mass is 32.1. The molecule has 2 rings (SSSR count). The molecule has 22 heavy (non-hydrogen) atoms. The van der Waals surface area contributed by atoms with Gasteiger partial charge in [-0.15, -0.1) is 11.3 Å². The quantitative estimate of drug-likeness (QED) is 0.857. The van der Waals surface area contributed by atoms with Crippen molar-refractivity contribution in [2.75, 3.05) is 7.11 Å². The van der Waals surface area contributed by atoms with E-state index in [0.717, 1.165) is 28.4 Å². The minimum absolute atomic E-state index is 0.0241. The Hall–Kier alpha value is -2.08. The van der Waals surface area contributed by atoms with Crippen LogP contribution in [0.5, 0.6) is 5.75 Å². The summed E-state index contributed by atoms with van der Waals surface area (Å²) in [6.07, 6.45) is 0.816. The lowest BCUT2D eigenvalue weighted by Crippen LogP contribution is -2.37. The van der Waals surface area contributed by atoms with Gasteiger partial charge in [-0.3, -0.25) is 0 Å². The van der Waals surface area contributed by atoms with Gasteiger partial charge >= 0.3 is 6.03 Å². The van der Waals surface area contributed by atoms with Crippen LogP contribution in [0, 0.1) is 6.92 Å². The fraction of sp³-hybridized carbons (Fsp3) is 0.375. The summed E-state index contributed by atoms with van der Waals surface area (Å²) < 4.78 is 5.15. The van der Waals surface area contributed by atoms with Crippen LogP contribution in [0.4, 0.5) is 4.79 Å². The van der Waals surface area contributed by atoms with Crippen molar-refractivity contribution in [1.82, 2.24) is 15.6 Å². The van der Waals surface area contributed by atoms with Crippen molar-refractivity contribution in [3.63, 3.8) is 0 Å². The largest absolute Gasteiger partial charge is 0.497 e. The molecule has 0 saturated carbocycles. The van der Waals surface area contributed by atoms with E-state index in [2.05, 4.69) is 15.6 Å². The zero-order valence-corrected chi connectivity index (χ0v) is 13.9. The van der Waals surface area contributed by atoms with Crippen LogP contribution in [0.3, 0.4) is 0 Å². The van der Waals surface area contributed by atoms with E-state index >= 15 is 0 Å². The SMILES string of the molecule is CC[C@@H](NC(=O)NCc1nc(C)cs1)c1ccc(OC)cc1. The number of thiazole rings is 1. The van der Waals surface area contributed by atoms with Gasteiger partial charge in [0.05, 0.1) is 19.7 Å². The third-order valence-electron chi connectivity index (χ3n) is 3.30. The van der Waals surface area contributed by atoms with Crippen LogP contribution in [0.25, 0.3) is 0 Å². The van der Waals surface area contributed by atoms with Gasteiger partial charge in [-0.1, -0.05) is 19.1 Å². The molecule has 0 fully saturated rings. The molecule has 0 spiro atoms. The van der Waals surface area contributed by atoms with Crippen LogP contribution in [0.15, 0.2) is 29.6 Å². The van der Waals surface area contributed by atoms with Gasteiger partial charge in [0.25, 0.3) is 0 Å². The van der Waals surface area contributed by atoms with Crippen LogP contribution in [0.2, 0.25) is 0 Å². The number of methoxy groups -OCH3 is 1. The molecule has 0 aliphatic carbocycles. The smallest absolute Gasteiger partial charge is 0.315 e. The lowest BCUT2D eigenvalue weighted by molar-refractivity contribution is 0.236. The van der Waals surface area contributed by atoms with Crippen molar-refractivity contribution < 1.29 is 9.53 Å². The molecular weight excluding hydrogens is 298 g/mol. The van der Waals surface area contributed by atoms with E-state index in [1.807, 2.05) is 43.5 Å². The molecule has 6 heteroatoms. The first-order valence-electron chi connectivity index (χ1n) is 7.21. The summed E-state index contributed by atoms with van der Waals surface area (Å²) in [5, 5.41) is 8.71. The molecule has 0 saturated heterocycles. The van der Waals surface area contributed by atoms with Gasteiger partial charge in [0.2, 0.25) is 0 Å². The molecule has 0 bridgehead atoms. The number of urea groups is 1. The first-order chi connectivity index (χ1) is 10.6. The maximum atomic E-state index is 12.0. The van der Waals surface area contributed by atoms with E-state index in [1.54, 1.807) is 18.4 Å². The lowest BCUT2D eigenvalue weighted by Gasteiger charge is -2.18. The summed E-state index contributed by atoms with van der Waals surface area (Å²) in [7, 11) is 1.64. The molecule has 0 aliphatic rings. The molecule has 2 aromatic rings. The highest BCUT2D eigenvalue weighted by Gasteiger charge is 2.13. The number of hydrogen-bond donors (Lipinski definition) is 2. The Bertz CT molecular complexity index is 610. The molecule has 1 aromatic heterocycles. The normalized spacial score (nSPS) is 11.8. The van der Waals surface area contributed by atoms with E-state index in [4.69, 9.17) is 4.74 Å². The van der Waals surface area contributed by atoms with Gasteiger partial charge < -0.3 is 15.4 Å². The molecule has 1 heterocycles. The lowest BCUT2D eigenvalue weighted by atomic mass is 10.0. The van der Waals surface area contributed by atoms with Crippen LogP contribution in [-0.2, 0) is 6.54 Å². The number of aryl methyl sites for hydroxylation is 1. The van der Waals surface area contributed by atoms with Crippen molar-refractivity contribution in [3.8, 4) is 5.75 Å². The predicted molar refractivity (Wildman–Crippen MR) is 88.2 cm³/mol. The minimum Gasteiger partial charge on any atom is -0.497 e. The first-order valence-corrected chi connectivity index (χ1v) is 8.09. The second-order valence-corrected chi connectivity index (χ2v) is 5.89. The number of ether oxygens (including phenoxy) is 1.